The van der Waals surface area contributed by atoms with Crippen LogP contribution < -0.4 is 74.6 Å². The second-order valence-corrected chi connectivity index (χ2v) is 45.4. The molecule has 0 aliphatic carbocycles. The summed E-state index contributed by atoms with van der Waals surface area (Å²) in [6, 6.07) is 44.4. The third kappa shape index (κ3) is 28.1. The summed E-state index contributed by atoms with van der Waals surface area (Å²) in [5.74, 6) is 0.515. The maximum atomic E-state index is 14.4. The zero-order chi connectivity index (χ0) is 106. The first-order chi connectivity index (χ1) is 69.5. The summed E-state index contributed by atoms with van der Waals surface area (Å²) in [6.07, 6.45) is 9.86. The highest BCUT2D eigenvalue weighted by molar-refractivity contribution is 7.91. The fourth-order valence-corrected chi connectivity index (χ4v) is 21.1. The van der Waals surface area contributed by atoms with Crippen molar-refractivity contribution in [1.29, 1.82) is 0 Å². The van der Waals surface area contributed by atoms with Crippen molar-refractivity contribution in [3.8, 4) is 68.0 Å². The van der Waals surface area contributed by atoms with Gasteiger partial charge in [0.05, 0.1) is 81.7 Å². The standard InChI is InChI=1S/C28H35N5O4S.C26H30FN5O4S.C25H29FN6O4S.C24H28ClN5O4S/c1-18(2)17-37-21-9-6-8-20(14-21)23-13-12-22(26(30-23)33-16-19(3)15-28(33,4)5)27(34)32-38(35,36)25-11-7-10-24(29)31-25;1-16(2)15-36-20-13-18(12-19(27)14-20)22-10-9-21(25(29-22)32-11-5-6-17(32)3)26(33)31-37(34,35)24-8-4-7-23(28)30-24;1-15(2)36-19-13-17(12-18(26)14-19)21-5-4-20(23(30-21)32-10-6-16(3)7-11-32)24(33)31-37(34,35)25-22(27)28-8-9-29-25;1-14(2)34-21-13-17(7-9-19(21)25)20-10-8-18(23(27-20)30-15(3)5-6-16(30)4)24(31)29-35(32,33)22-11-12-26-28-22/h6-14,18-19H,15-17H2,1-5H3,(H2,29,31)(H,32,34);4,7-10,12-14,16-17H,5-6,11,15H2,1-3H3,(H2,28,30)(H,31,33);4-5,8-9,12-16H,6-7,10-11H2,1-3H3,(H2,27,28)(H,31,33);7-16H,5-6H2,1-4H3,(H,26,28)(H,29,31)/t;17-;;15-,16+/m.1../s1. The van der Waals surface area contributed by atoms with Crippen molar-refractivity contribution < 1.29 is 80.6 Å². The predicted molar refractivity (Wildman–Crippen MR) is 559 cm³/mol. The van der Waals surface area contributed by atoms with Gasteiger partial charge < -0.3 is 55.7 Å². The molecule has 0 spiro atoms. The third-order valence-electron chi connectivity index (χ3n) is 24.2. The molecule has 12 aromatic rings. The Morgan fingerprint density at radius 2 is 0.932 bits per heavy atom. The molecule has 11 N–H and O–H groups in total. The number of nitrogens with two attached hydrogens (primary N) is 3. The number of anilines is 7. The van der Waals surface area contributed by atoms with Crippen molar-refractivity contribution in [2.24, 2.45) is 23.7 Å². The van der Waals surface area contributed by atoms with E-state index in [0.717, 1.165) is 61.8 Å². The fraction of sp³-hybridized carbons (Fsp3) is 0.369. The van der Waals surface area contributed by atoms with Crippen LogP contribution in [-0.4, -0.2) is 183 Å². The SMILES string of the molecule is CC(C)COc1cc(F)cc(-c2ccc(C(=O)NS(=O)(=O)c3cccc(N)n3)c(N3CCC[C@H]3C)n2)c1.CC(C)COc1cccc(-c2ccc(C(=O)NS(=O)(=O)c3cccc(N)n3)c(N3CC(C)CC3(C)C)n2)c1.CC(C)Oc1cc(-c2ccc(C(=O)NS(=O)(=O)c3ccn[nH]3)c(N3[C@H](C)CC[C@@H]3C)n2)ccc1Cl.CC1CCN(c2nc(-c3cc(F)cc(OC(C)C)c3)ccc2C(=O)NS(=O)(=O)c2nccnc2N)CC1. The molecule has 4 fully saturated rings. The highest BCUT2D eigenvalue weighted by atomic mass is 35.5. The first-order valence-corrected chi connectivity index (χ1v) is 54.3. The lowest BCUT2D eigenvalue weighted by atomic mass is 9.97. The van der Waals surface area contributed by atoms with Crippen LogP contribution in [0.5, 0.6) is 23.0 Å². The normalized spacial score (nSPS) is 16.3. The molecule has 16 rings (SSSR count). The highest BCUT2D eigenvalue weighted by Crippen LogP contribution is 2.42. The number of carbonyl (C=O) groups is 4. The van der Waals surface area contributed by atoms with Crippen LogP contribution in [0.15, 0.2) is 209 Å². The molecule has 4 aliphatic rings. The Labute approximate surface area is 860 Å². The summed E-state index contributed by atoms with van der Waals surface area (Å²) in [6.45, 7) is 33.9. The van der Waals surface area contributed by atoms with E-state index in [2.05, 4.69) is 114 Å². The van der Waals surface area contributed by atoms with E-state index in [1.54, 1.807) is 54.6 Å². The Kier molecular flexibility index (Phi) is 35.2. The van der Waals surface area contributed by atoms with Gasteiger partial charge in [-0.25, -0.2) is 67.5 Å². The lowest BCUT2D eigenvalue weighted by Gasteiger charge is -2.34. The van der Waals surface area contributed by atoms with Crippen molar-refractivity contribution >= 4 is 116 Å². The molecule has 4 amide bonds. The van der Waals surface area contributed by atoms with Gasteiger partial charge in [-0.2, -0.15) is 38.8 Å². The minimum Gasteiger partial charge on any atom is -0.493 e. The summed E-state index contributed by atoms with van der Waals surface area (Å²) in [4.78, 5) is 95.3. The number of nitrogen functional groups attached to an aromatic ring is 3. The number of halogens is 3. The first kappa shape index (κ1) is 110. The number of carbonyl (C=O) groups excluding carboxylic acids is 4. The largest absolute Gasteiger partial charge is 0.493 e. The molecule has 0 radical (unpaired) electrons. The molecule has 780 valence electrons. The van der Waals surface area contributed by atoms with Gasteiger partial charge in [0.15, 0.2) is 20.9 Å². The predicted octanol–water partition coefficient (Wildman–Crippen LogP) is 16.3. The highest BCUT2D eigenvalue weighted by Gasteiger charge is 2.41. The molecule has 0 saturated carbocycles. The molecule has 4 aliphatic heterocycles. The molecule has 0 bridgehead atoms. The van der Waals surface area contributed by atoms with Crippen molar-refractivity contribution in [3.05, 3.63) is 227 Å². The molecule has 37 nitrogen and oxygen atoms in total. The molecular weight excluding hydrogens is 1990 g/mol. The Morgan fingerprint density at radius 3 is 1.44 bits per heavy atom. The molecule has 4 atom stereocenters. The average Bonchev–Trinajstić information content (AvgIpc) is 1.73. The maximum Gasteiger partial charge on any atom is 0.285 e. The van der Waals surface area contributed by atoms with E-state index in [-0.39, 0.29) is 96.6 Å². The Hall–Kier alpha value is -14.3. The number of hydrogen-bond acceptors (Lipinski definition) is 32. The van der Waals surface area contributed by atoms with E-state index in [0.29, 0.717) is 137 Å². The first-order valence-electron chi connectivity index (χ1n) is 48.0. The topological polar surface area (TPSA) is 513 Å². The third-order valence-corrected chi connectivity index (χ3v) is 29.5. The number of benzene rings is 4. The van der Waals surface area contributed by atoms with Crippen LogP contribution >= 0.6 is 11.6 Å². The van der Waals surface area contributed by atoms with Crippen LogP contribution in [0.1, 0.15) is 190 Å². The van der Waals surface area contributed by atoms with Gasteiger partial charge in [0.25, 0.3) is 63.7 Å². The number of hydrogen-bond donors (Lipinski definition) is 8. The molecule has 12 heterocycles. The van der Waals surface area contributed by atoms with Crippen molar-refractivity contribution in [2.75, 3.05) is 76.2 Å². The quantitative estimate of drug-likeness (QED) is 0.0207. The van der Waals surface area contributed by atoms with Crippen LogP contribution in [-0.2, 0) is 40.1 Å². The second-order valence-electron chi connectivity index (χ2n) is 38.5. The molecule has 4 saturated heterocycles. The number of nitrogens with zero attached hydrogens (tertiary/aromatic N) is 13. The molecule has 4 aromatic carbocycles. The lowest BCUT2D eigenvalue weighted by Crippen LogP contribution is -2.41. The van der Waals surface area contributed by atoms with Crippen molar-refractivity contribution in [2.45, 2.75) is 205 Å². The zero-order valence-corrected chi connectivity index (χ0v) is 88.2. The van der Waals surface area contributed by atoms with Crippen LogP contribution in [0, 0.1) is 35.3 Å². The number of aromatic nitrogens is 10. The number of piperidine rings is 1. The van der Waals surface area contributed by atoms with Crippen LogP contribution in [0.2, 0.25) is 5.02 Å². The molecule has 8 aromatic heterocycles. The maximum absolute atomic E-state index is 14.4. The number of H-pyrrole nitrogens is 1. The minimum atomic E-state index is -4.39. The van der Waals surface area contributed by atoms with Gasteiger partial charge >= 0.3 is 0 Å². The second kappa shape index (κ2) is 47.0. The minimum absolute atomic E-state index is 0.0137. The van der Waals surface area contributed by atoms with Gasteiger partial charge in [0, 0.05) is 96.6 Å². The van der Waals surface area contributed by atoms with Crippen LogP contribution in [0.3, 0.4) is 0 Å². The smallest absolute Gasteiger partial charge is 0.285 e. The van der Waals surface area contributed by atoms with Gasteiger partial charge in [0.1, 0.15) is 69.5 Å². The number of sulfonamides is 4. The summed E-state index contributed by atoms with van der Waals surface area (Å²) in [5.41, 5.74) is 21.8. The van der Waals surface area contributed by atoms with Gasteiger partial charge in [-0.15, -0.1) is 0 Å². The van der Waals surface area contributed by atoms with Crippen molar-refractivity contribution in [1.82, 2.24) is 69.0 Å². The van der Waals surface area contributed by atoms with E-state index in [9.17, 15) is 61.6 Å². The summed E-state index contributed by atoms with van der Waals surface area (Å²) in [7, 11) is -17.0. The Balaban J connectivity index is 0.000000164. The van der Waals surface area contributed by atoms with E-state index in [4.69, 9.17) is 62.7 Å². The number of rotatable bonds is 30. The summed E-state index contributed by atoms with van der Waals surface area (Å²) >= 11 is 6.30. The van der Waals surface area contributed by atoms with Crippen molar-refractivity contribution in [3.63, 3.8) is 0 Å². The summed E-state index contributed by atoms with van der Waals surface area (Å²) in [5, 5.41) is 5.08. The Bertz CT molecular complexity index is 7290. The molecule has 44 heteroatoms. The number of pyridine rings is 6. The number of ether oxygens (including phenoxy) is 4. The van der Waals surface area contributed by atoms with Gasteiger partial charge in [-0.1, -0.05) is 83.5 Å². The fourth-order valence-electron chi connectivity index (χ4n) is 17.2. The van der Waals surface area contributed by atoms with E-state index in [1.807, 2.05) is 99.4 Å². The molecule has 1 unspecified atom stereocenters. The summed E-state index contributed by atoms with van der Waals surface area (Å²) < 4.78 is 163. The molecule has 147 heavy (non-hydrogen) atoms. The number of nitrogens with one attached hydrogen (secondary N) is 5. The van der Waals surface area contributed by atoms with Gasteiger partial charge in [-0.3, -0.25) is 24.3 Å². The van der Waals surface area contributed by atoms with Crippen LogP contribution in [0.4, 0.5) is 49.5 Å². The lowest BCUT2D eigenvalue weighted by molar-refractivity contribution is 0.0972. The van der Waals surface area contributed by atoms with Gasteiger partial charge in [0.2, 0.25) is 5.03 Å². The van der Waals surface area contributed by atoms with Gasteiger partial charge in [-0.05, 0) is 258 Å². The number of amides is 4. The molecular formula is C103H122ClF2N21O16S4. The van der Waals surface area contributed by atoms with E-state index < -0.39 is 80.4 Å². The zero-order valence-electron chi connectivity index (χ0n) is 84.1. The average molecular weight is 2110 g/mol. The van der Waals surface area contributed by atoms with Crippen LogP contribution in [0.25, 0.3) is 45.0 Å². The van der Waals surface area contributed by atoms with E-state index >= 15 is 0 Å². The van der Waals surface area contributed by atoms with E-state index in [1.165, 1.54) is 97.5 Å². The Morgan fingerprint density at radius 1 is 0.463 bits per heavy atom. The number of aromatic amines is 1. The monoisotopic (exact) mass is 2110 g/mol.